The van der Waals surface area contributed by atoms with E-state index in [4.69, 9.17) is 11.5 Å². The molecule has 3 nitrogen and oxygen atoms in total. The summed E-state index contributed by atoms with van der Waals surface area (Å²) >= 11 is -3.65. The van der Waals surface area contributed by atoms with Gasteiger partial charge in [0.1, 0.15) is 0 Å². The Morgan fingerprint density at radius 2 is 1.00 bits per heavy atom. The van der Waals surface area contributed by atoms with Gasteiger partial charge >= 0.3 is 25.2 Å². The van der Waals surface area contributed by atoms with Gasteiger partial charge in [0.15, 0.2) is 0 Å². The maximum absolute atomic E-state index is 8.52. The topological polar surface area (TPSA) is 51.2 Å². The fourth-order valence-corrected chi connectivity index (χ4v) is 0. The maximum atomic E-state index is 8.52. The Hall–Kier alpha value is 0.919. The zero-order valence-electron chi connectivity index (χ0n) is 2.25. The van der Waals surface area contributed by atoms with Crippen LogP contribution < -0.4 is 0 Å². The van der Waals surface area contributed by atoms with Gasteiger partial charge in [-0.15, -0.1) is 0 Å². The molecule has 0 unspecified atom stereocenters. The van der Waals surface area contributed by atoms with E-state index >= 15 is 0 Å². The van der Waals surface area contributed by atoms with Gasteiger partial charge in [0.05, 0.1) is 0 Å². The average molecular weight is 221 g/mol. The molecular weight excluding hydrogens is 221 g/mol. The Bertz CT molecular complexity index is 80.2. The zero-order chi connectivity index (χ0) is 3.58. The van der Waals surface area contributed by atoms with Crippen LogP contribution in [0, 0.1) is 0 Å². The van der Waals surface area contributed by atoms with Crippen molar-refractivity contribution in [2.45, 2.75) is 0 Å². The molecule has 0 saturated heterocycles. The van der Waals surface area contributed by atoms with Gasteiger partial charge in [0, 0.05) is 33.3 Å². The molecular formula is CoMnNiO3. The molecule has 0 aromatic carbocycles. The van der Waals surface area contributed by atoms with Crippen molar-refractivity contribution in [3.8, 4) is 0 Å². The summed E-state index contributed by atoms with van der Waals surface area (Å²) in [5, 5.41) is 0. The van der Waals surface area contributed by atoms with E-state index in [0.29, 0.717) is 0 Å². The number of hydrogen-bond donors (Lipinski definition) is 0. The third kappa shape index (κ3) is 89.4. The van der Waals surface area contributed by atoms with Crippen LogP contribution in [0.3, 0.4) is 0 Å². The van der Waals surface area contributed by atoms with Crippen molar-refractivity contribution >= 4 is 0 Å². The van der Waals surface area contributed by atoms with E-state index in [1.165, 1.54) is 0 Å². The monoisotopic (exact) mass is 220 g/mol. The summed E-state index contributed by atoms with van der Waals surface area (Å²) in [6, 6.07) is 0. The van der Waals surface area contributed by atoms with Crippen molar-refractivity contribution < 1.29 is 58.5 Å². The summed E-state index contributed by atoms with van der Waals surface area (Å²) < 4.78 is 25.6. The van der Waals surface area contributed by atoms with E-state index in [1.54, 1.807) is 0 Å². The molecule has 0 aromatic rings. The summed E-state index contributed by atoms with van der Waals surface area (Å²) in [6.45, 7) is 0. The Labute approximate surface area is 58.5 Å². The first-order valence-electron chi connectivity index (χ1n) is 0.463. The Balaban J connectivity index is -0.0000000450. The first-order chi connectivity index (χ1) is 1.73. The van der Waals surface area contributed by atoms with Crippen LogP contribution in [-0.4, -0.2) is 0 Å². The first-order valence-corrected chi connectivity index (χ1v) is 1.91. The van der Waals surface area contributed by atoms with Crippen LogP contribution in [0.15, 0.2) is 0 Å². The minimum absolute atomic E-state index is 0. The van der Waals surface area contributed by atoms with Gasteiger partial charge in [-0.2, -0.15) is 0 Å². The van der Waals surface area contributed by atoms with E-state index in [-0.39, 0.29) is 33.3 Å². The molecule has 0 aromatic heterocycles. The minimum atomic E-state index is -3.65. The van der Waals surface area contributed by atoms with Crippen LogP contribution in [0.1, 0.15) is 0 Å². The average Bonchev–Trinajstić information content (AvgIpc) is 0.811. The molecule has 0 bridgehead atoms. The van der Waals surface area contributed by atoms with Gasteiger partial charge in [-0.3, -0.25) is 0 Å². The predicted octanol–water partition coefficient (Wildman–Crippen LogP) is -0.364. The molecule has 0 atom stereocenters. The second-order valence-electron chi connectivity index (χ2n) is 0.189. The molecule has 0 heterocycles. The van der Waals surface area contributed by atoms with Crippen molar-refractivity contribution in [2.75, 3.05) is 0 Å². The molecule has 1 radical (unpaired) electrons. The van der Waals surface area contributed by atoms with Crippen LogP contribution in [0.25, 0.3) is 0 Å². The van der Waals surface area contributed by atoms with Crippen LogP contribution >= 0.6 is 0 Å². The molecule has 0 saturated carbocycles. The summed E-state index contributed by atoms with van der Waals surface area (Å²) in [4.78, 5) is 0. The predicted molar refractivity (Wildman–Crippen MR) is 2.06 cm³/mol. The van der Waals surface area contributed by atoms with Gasteiger partial charge in [-0.05, 0) is 0 Å². The van der Waals surface area contributed by atoms with Gasteiger partial charge < -0.3 is 0 Å². The molecule has 0 fully saturated rings. The normalized spacial score (nSPS) is 4.00. The van der Waals surface area contributed by atoms with Crippen LogP contribution in [-0.2, 0) is 58.5 Å². The molecule has 0 aliphatic rings. The van der Waals surface area contributed by atoms with Crippen molar-refractivity contribution in [2.24, 2.45) is 0 Å². The number of hydrogen-bond acceptors (Lipinski definition) is 3. The van der Waals surface area contributed by atoms with Crippen molar-refractivity contribution in [3.63, 3.8) is 0 Å². The fraction of sp³-hybridized carbons (Fsp3) is 0. The second-order valence-corrected chi connectivity index (χ2v) is 0.779. The molecule has 0 spiro atoms. The fourth-order valence-electron chi connectivity index (χ4n) is 0. The van der Waals surface area contributed by atoms with E-state index in [2.05, 4.69) is 0 Å². The molecule has 0 N–H and O–H groups in total. The van der Waals surface area contributed by atoms with Crippen molar-refractivity contribution in [1.82, 2.24) is 0 Å². The third-order valence-corrected chi connectivity index (χ3v) is 0. The summed E-state index contributed by atoms with van der Waals surface area (Å²) in [6.07, 6.45) is 0. The third-order valence-electron chi connectivity index (χ3n) is 0. The van der Waals surface area contributed by atoms with E-state index in [0.717, 1.165) is 0 Å². The Kier molecular flexibility index (Phi) is 24.5. The summed E-state index contributed by atoms with van der Waals surface area (Å²) in [5.74, 6) is 0. The second kappa shape index (κ2) is 9.33. The Morgan fingerprint density at radius 3 is 1.00 bits per heavy atom. The standard InChI is InChI=1S/Co.Mn.Ni.3O. The van der Waals surface area contributed by atoms with Crippen LogP contribution in [0.2, 0.25) is 0 Å². The van der Waals surface area contributed by atoms with E-state index in [9.17, 15) is 0 Å². The molecule has 6 heteroatoms. The van der Waals surface area contributed by atoms with Crippen molar-refractivity contribution in [3.05, 3.63) is 0 Å². The molecule has 0 amide bonds. The van der Waals surface area contributed by atoms with E-state index < -0.39 is 13.7 Å². The molecule has 0 rings (SSSR count). The number of rotatable bonds is 0. The molecule has 0 aliphatic carbocycles. The zero-order valence-corrected chi connectivity index (χ0v) is 5.46. The first kappa shape index (κ1) is 15.8. The summed E-state index contributed by atoms with van der Waals surface area (Å²) in [7, 11) is 0. The van der Waals surface area contributed by atoms with Crippen LogP contribution in [0.5, 0.6) is 0 Å². The van der Waals surface area contributed by atoms with Gasteiger partial charge in [-0.25, -0.2) is 0 Å². The molecule has 44 valence electrons. The van der Waals surface area contributed by atoms with Crippen molar-refractivity contribution in [1.29, 1.82) is 0 Å². The van der Waals surface area contributed by atoms with Gasteiger partial charge in [0.25, 0.3) is 0 Å². The van der Waals surface area contributed by atoms with Crippen LogP contribution in [0.4, 0.5) is 0 Å². The Morgan fingerprint density at radius 1 is 1.00 bits per heavy atom. The van der Waals surface area contributed by atoms with E-state index in [1.807, 2.05) is 0 Å². The molecule has 0 aliphatic heterocycles. The summed E-state index contributed by atoms with van der Waals surface area (Å²) in [5.41, 5.74) is 0. The van der Waals surface area contributed by atoms with Gasteiger partial charge in [-0.1, -0.05) is 0 Å². The van der Waals surface area contributed by atoms with Gasteiger partial charge in [0.2, 0.25) is 0 Å². The molecule has 6 heavy (non-hydrogen) atoms. The SMILES string of the molecule is [Co].[Ni].[O]=[Mn](=[O])=[O]. The quantitative estimate of drug-likeness (QED) is 0.524.